The van der Waals surface area contributed by atoms with Crippen LogP contribution in [0.5, 0.6) is 5.88 Å². The number of aromatic nitrogens is 2. The molecule has 0 amide bonds. The summed E-state index contributed by atoms with van der Waals surface area (Å²) in [5, 5.41) is 25.4. The second-order valence-corrected chi connectivity index (χ2v) is 14.9. The molecule has 0 unspecified atom stereocenters. The van der Waals surface area contributed by atoms with Gasteiger partial charge in [0, 0.05) is 13.0 Å². The standard InChI is InChI=1S/C19H31N3O6Si/c1-13-14(22(25)26)15(27-8-7-9-28-29(5,6)17(2,3)4)20-21(13)19-10-18(11-19,12-19)16(23)24/h7-12H2,1-6H3,(H,23,24). The Morgan fingerprint density at radius 1 is 1.31 bits per heavy atom. The zero-order valence-corrected chi connectivity index (χ0v) is 19.1. The molecule has 3 saturated carbocycles. The number of carbonyl (C=O) groups is 1. The Morgan fingerprint density at radius 3 is 2.38 bits per heavy atom. The van der Waals surface area contributed by atoms with E-state index >= 15 is 0 Å². The topological polar surface area (TPSA) is 117 Å². The molecule has 10 heteroatoms. The molecule has 1 heterocycles. The number of rotatable bonds is 9. The van der Waals surface area contributed by atoms with Crippen LogP contribution in [-0.2, 0) is 14.8 Å². The van der Waals surface area contributed by atoms with Gasteiger partial charge in [0.1, 0.15) is 5.69 Å². The van der Waals surface area contributed by atoms with Crippen molar-refractivity contribution in [2.45, 2.75) is 77.0 Å². The number of aliphatic carboxylic acids is 1. The summed E-state index contributed by atoms with van der Waals surface area (Å²) in [5.74, 6) is -0.786. The maximum atomic E-state index is 11.6. The molecule has 0 saturated heterocycles. The van der Waals surface area contributed by atoms with Gasteiger partial charge in [-0.1, -0.05) is 20.8 Å². The van der Waals surface area contributed by atoms with E-state index in [1.165, 1.54) is 0 Å². The van der Waals surface area contributed by atoms with Gasteiger partial charge in [0.25, 0.3) is 0 Å². The second-order valence-electron chi connectivity index (χ2n) is 10.1. The van der Waals surface area contributed by atoms with Gasteiger partial charge in [-0.3, -0.25) is 19.6 Å². The lowest BCUT2D eigenvalue weighted by Gasteiger charge is -2.67. The first kappa shape index (κ1) is 21.8. The van der Waals surface area contributed by atoms with Crippen LogP contribution in [-0.4, -0.2) is 47.3 Å². The van der Waals surface area contributed by atoms with Gasteiger partial charge in [-0.05, 0) is 44.3 Å². The van der Waals surface area contributed by atoms with E-state index in [0.29, 0.717) is 38.0 Å². The maximum absolute atomic E-state index is 11.6. The van der Waals surface area contributed by atoms with Gasteiger partial charge in [0.2, 0.25) is 0 Å². The molecule has 4 rings (SSSR count). The van der Waals surface area contributed by atoms with Gasteiger partial charge in [0.15, 0.2) is 8.32 Å². The summed E-state index contributed by atoms with van der Waals surface area (Å²) in [5.41, 5.74) is -0.805. The molecule has 0 atom stereocenters. The fourth-order valence-corrected chi connectivity index (χ4v) is 5.28. The number of hydrogen-bond donors (Lipinski definition) is 1. The van der Waals surface area contributed by atoms with E-state index in [4.69, 9.17) is 9.16 Å². The van der Waals surface area contributed by atoms with Crippen LogP contribution in [0.1, 0.15) is 52.1 Å². The summed E-state index contributed by atoms with van der Waals surface area (Å²) < 4.78 is 13.4. The Hall–Kier alpha value is -1.94. The highest BCUT2D eigenvalue weighted by Gasteiger charge is 2.74. The summed E-state index contributed by atoms with van der Waals surface area (Å²) >= 11 is 0. The molecule has 2 bridgehead atoms. The monoisotopic (exact) mass is 425 g/mol. The minimum atomic E-state index is -1.83. The van der Waals surface area contributed by atoms with Crippen LogP contribution < -0.4 is 4.74 Å². The molecule has 0 aliphatic heterocycles. The first-order valence-corrected chi connectivity index (χ1v) is 12.9. The predicted molar refractivity (Wildman–Crippen MR) is 109 cm³/mol. The van der Waals surface area contributed by atoms with Crippen molar-refractivity contribution < 1.29 is 24.0 Å². The van der Waals surface area contributed by atoms with Crippen molar-refractivity contribution in [1.82, 2.24) is 9.78 Å². The molecule has 29 heavy (non-hydrogen) atoms. The molecular formula is C19H31N3O6Si. The molecule has 3 aliphatic rings. The number of nitro groups is 1. The molecule has 1 aromatic rings. The summed E-state index contributed by atoms with van der Waals surface area (Å²) in [4.78, 5) is 22.4. The van der Waals surface area contributed by atoms with Crippen LogP contribution in [0.4, 0.5) is 5.69 Å². The van der Waals surface area contributed by atoms with E-state index in [1.807, 2.05) is 0 Å². The summed E-state index contributed by atoms with van der Waals surface area (Å²) in [6, 6.07) is 0. The Bertz CT molecular complexity index is 822. The summed E-state index contributed by atoms with van der Waals surface area (Å²) in [6.07, 6.45) is 2.02. The number of hydrogen-bond acceptors (Lipinski definition) is 6. The van der Waals surface area contributed by atoms with Gasteiger partial charge < -0.3 is 14.3 Å². The third kappa shape index (κ3) is 3.46. The van der Waals surface area contributed by atoms with Crippen molar-refractivity contribution in [3.05, 3.63) is 15.8 Å². The van der Waals surface area contributed by atoms with Crippen LogP contribution in [0.25, 0.3) is 0 Å². The highest BCUT2D eigenvalue weighted by Crippen LogP contribution is 2.71. The molecular weight excluding hydrogens is 394 g/mol. The molecule has 0 radical (unpaired) electrons. The van der Waals surface area contributed by atoms with Crippen LogP contribution in [0.15, 0.2) is 0 Å². The largest absolute Gasteiger partial charge is 0.481 e. The Balaban J connectivity index is 1.62. The predicted octanol–water partition coefficient (Wildman–Crippen LogP) is 3.85. The van der Waals surface area contributed by atoms with Crippen molar-refractivity contribution in [2.24, 2.45) is 5.41 Å². The van der Waals surface area contributed by atoms with E-state index in [2.05, 4.69) is 39.0 Å². The van der Waals surface area contributed by atoms with E-state index in [1.54, 1.807) is 11.6 Å². The van der Waals surface area contributed by atoms with Gasteiger partial charge in [-0.25, -0.2) is 0 Å². The first-order valence-electron chi connectivity index (χ1n) is 9.99. The molecule has 0 aromatic carbocycles. The lowest BCUT2D eigenvalue weighted by molar-refractivity contribution is -0.386. The van der Waals surface area contributed by atoms with Crippen molar-refractivity contribution in [2.75, 3.05) is 13.2 Å². The van der Waals surface area contributed by atoms with Crippen molar-refractivity contribution in [3.8, 4) is 5.88 Å². The lowest BCUT2D eigenvalue weighted by Crippen LogP contribution is -2.71. The zero-order valence-electron chi connectivity index (χ0n) is 18.1. The Kier molecular flexibility index (Phi) is 5.10. The Labute approximate surface area is 171 Å². The zero-order chi connectivity index (χ0) is 21.8. The molecule has 0 spiro atoms. The smallest absolute Gasteiger partial charge is 0.352 e. The van der Waals surface area contributed by atoms with Crippen molar-refractivity contribution in [1.29, 1.82) is 0 Å². The van der Waals surface area contributed by atoms with Crippen LogP contribution in [0.3, 0.4) is 0 Å². The molecule has 9 nitrogen and oxygen atoms in total. The lowest BCUT2D eigenvalue weighted by atomic mass is 9.39. The summed E-state index contributed by atoms with van der Waals surface area (Å²) in [6.45, 7) is 13.3. The molecule has 162 valence electrons. The van der Waals surface area contributed by atoms with Crippen LogP contribution >= 0.6 is 0 Å². The molecule has 3 fully saturated rings. The SMILES string of the molecule is Cc1c([N+](=O)[O-])c(OCCCO[Si](C)(C)C(C)(C)C)nn1C12CC(C(=O)O)(C1)C2. The number of carboxylic acids is 1. The number of ether oxygens (including phenoxy) is 1. The molecule has 1 aromatic heterocycles. The highest BCUT2D eigenvalue weighted by atomic mass is 28.4. The second kappa shape index (κ2) is 6.80. The van der Waals surface area contributed by atoms with Crippen molar-refractivity contribution >= 4 is 20.0 Å². The fourth-order valence-electron chi connectivity index (χ4n) is 4.19. The van der Waals surface area contributed by atoms with Crippen LogP contribution in [0.2, 0.25) is 18.1 Å². The number of nitrogens with zero attached hydrogens (tertiary/aromatic N) is 3. The average molecular weight is 426 g/mol. The van der Waals surface area contributed by atoms with Crippen LogP contribution in [0, 0.1) is 22.5 Å². The quantitative estimate of drug-likeness (QED) is 0.276. The minimum Gasteiger partial charge on any atom is -0.481 e. The minimum absolute atomic E-state index is 0.00827. The highest BCUT2D eigenvalue weighted by molar-refractivity contribution is 6.74. The Morgan fingerprint density at radius 2 is 1.90 bits per heavy atom. The third-order valence-electron chi connectivity index (χ3n) is 6.94. The fraction of sp³-hybridized carbons (Fsp3) is 0.789. The van der Waals surface area contributed by atoms with Gasteiger partial charge in [-0.15, -0.1) is 5.10 Å². The summed E-state index contributed by atoms with van der Waals surface area (Å²) in [7, 11) is -1.83. The average Bonchev–Trinajstić information content (AvgIpc) is 2.79. The van der Waals surface area contributed by atoms with Gasteiger partial charge in [-0.2, -0.15) is 0 Å². The van der Waals surface area contributed by atoms with E-state index in [0.717, 1.165) is 0 Å². The first-order chi connectivity index (χ1) is 13.2. The normalized spacial score (nSPS) is 25.9. The maximum Gasteiger partial charge on any atom is 0.352 e. The molecule has 1 N–H and O–H groups in total. The van der Waals surface area contributed by atoms with E-state index in [9.17, 15) is 20.0 Å². The van der Waals surface area contributed by atoms with E-state index in [-0.39, 0.29) is 23.2 Å². The van der Waals surface area contributed by atoms with Gasteiger partial charge in [0.05, 0.1) is 22.5 Å². The number of carboxylic acid groups (broad SMARTS) is 1. The third-order valence-corrected chi connectivity index (χ3v) is 11.5. The van der Waals surface area contributed by atoms with Crippen molar-refractivity contribution in [3.63, 3.8) is 0 Å². The van der Waals surface area contributed by atoms with E-state index < -0.39 is 30.2 Å². The molecule has 3 aliphatic carbocycles. The van der Waals surface area contributed by atoms with Gasteiger partial charge >= 0.3 is 17.5 Å².